The normalized spacial score (nSPS) is 11.7. The second-order valence-corrected chi connectivity index (χ2v) is 5.00. The highest BCUT2D eigenvalue weighted by molar-refractivity contribution is 6.04. The number of hydrogen-bond donors (Lipinski definition) is 2. The molecule has 0 heterocycles. The molecule has 0 spiro atoms. The van der Waals surface area contributed by atoms with Crippen molar-refractivity contribution in [1.82, 2.24) is 0 Å². The topological polar surface area (TPSA) is 108 Å². The molecule has 0 aliphatic heterocycles. The van der Waals surface area contributed by atoms with Gasteiger partial charge in [-0.25, -0.2) is 9.59 Å². The van der Waals surface area contributed by atoms with E-state index in [0.717, 1.165) is 0 Å². The predicted octanol–water partition coefficient (Wildman–Crippen LogP) is 1.18. The lowest BCUT2D eigenvalue weighted by atomic mass is 10.0. The van der Waals surface area contributed by atoms with Crippen LogP contribution in [0.4, 0.5) is 5.69 Å². The van der Waals surface area contributed by atoms with Crippen molar-refractivity contribution in [3.05, 3.63) is 29.3 Å². The second-order valence-electron chi connectivity index (χ2n) is 5.00. The Morgan fingerprint density at radius 1 is 1.09 bits per heavy atom. The van der Waals surface area contributed by atoms with E-state index in [-0.39, 0.29) is 22.7 Å². The van der Waals surface area contributed by atoms with E-state index < -0.39 is 23.9 Å². The van der Waals surface area contributed by atoms with Gasteiger partial charge in [0.15, 0.2) is 0 Å². The maximum Gasteiger partial charge on any atom is 0.339 e. The molecule has 0 saturated carbocycles. The Morgan fingerprint density at radius 3 is 2.18 bits per heavy atom. The highest BCUT2D eigenvalue weighted by Crippen LogP contribution is 2.20. The average Bonchev–Trinajstić information content (AvgIpc) is 2.52. The molecule has 1 aromatic rings. The molecule has 7 nitrogen and oxygen atoms in total. The fourth-order valence-electron chi connectivity index (χ4n) is 1.70. The Morgan fingerprint density at radius 2 is 1.68 bits per heavy atom. The zero-order chi connectivity index (χ0) is 16.9. The third-order valence-corrected chi connectivity index (χ3v) is 3.12. The van der Waals surface area contributed by atoms with Crippen molar-refractivity contribution in [2.45, 2.75) is 19.9 Å². The largest absolute Gasteiger partial charge is 0.465 e. The van der Waals surface area contributed by atoms with Crippen LogP contribution in [-0.4, -0.2) is 38.1 Å². The Bertz CT molecular complexity index is 583. The molecule has 0 saturated heterocycles. The molecule has 0 aliphatic rings. The summed E-state index contributed by atoms with van der Waals surface area (Å²) < 4.78 is 9.27. The van der Waals surface area contributed by atoms with Crippen molar-refractivity contribution in [1.29, 1.82) is 0 Å². The number of hydrogen-bond acceptors (Lipinski definition) is 6. The number of rotatable bonds is 5. The Kier molecular flexibility index (Phi) is 6.06. The lowest BCUT2D eigenvalue weighted by Gasteiger charge is -2.17. The summed E-state index contributed by atoms with van der Waals surface area (Å²) in [5.41, 5.74) is 6.24. The van der Waals surface area contributed by atoms with Crippen molar-refractivity contribution >= 4 is 23.5 Å². The minimum Gasteiger partial charge on any atom is -0.465 e. The molecule has 0 radical (unpaired) electrons. The maximum absolute atomic E-state index is 12.1. The zero-order valence-corrected chi connectivity index (χ0v) is 13.0. The van der Waals surface area contributed by atoms with Crippen LogP contribution in [0, 0.1) is 5.92 Å². The molecule has 0 aromatic heterocycles. The first-order valence-corrected chi connectivity index (χ1v) is 6.69. The van der Waals surface area contributed by atoms with Crippen LogP contribution >= 0.6 is 0 Å². The van der Waals surface area contributed by atoms with Crippen LogP contribution in [0.25, 0.3) is 0 Å². The smallest absolute Gasteiger partial charge is 0.339 e. The minimum absolute atomic E-state index is 0.0784. The van der Waals surface area contributed by atoms with Crippen LogP contribution in [0.1, 0.15) is 34.6 Å². The molecule has 1 aromatic carbocycles. The van der Waals surface area contributed by atoms with Crippen molar-refractivity contribution in [2.75, 3.05) is 19.5 Å². The van der Waals surface area contributed by atoms with Gasteiger partial charge in [-0.15, -0.1) is 0 Å². The fourth-order valence-corrected chi connectivity index (χ4v) is 1.70. The predicted molar refractivity (Wildman–Crippen MR) is 80.6 cm³/mol. The van der Waals surface area contributed by atoms with Gasteiger partial charge < -0.3 is 20.5 Å². The van der Waals surface area contributed by atoms with Crippen molar-refractivity contribution < 1.29 is 23.9 Å². The number of methoxy groups -OCH3 is 2. The van der Waals surface area contributed by atoms with Gasteiger partial charge in [-0.2, -0.15) is 0 Å². The van der Waals surface area contributed by atoms with E-state index in [4.69, 9.17) is 5.73 Å². The summed E-state index contributed by atoms with van der Waals surface area (Å²) >= 11 is 0. The Balaban J connectivity index is 3.19. The van der Waals surface area contributed by atoms with Gasteiger partial charge in [-0.1, -0.05) is 13.8 Å². The Labute approximate surface area is 128 Å². The summed E-state index contributed by atoms with van der Waals surface area (Å²) in [5, 5.41) is 2.55. The maximum atomic E-state index is 12.1. The summed E-state index contributed by atoms with van der Waals surface area (Å²) in [7, 11) is 2.46. The van der Waals surface area contributed by atoms with Crippen LogP contribution in [-0.2, 0) is 14.3 Å². The molecule has 0 aliphatic carbocycles. The SMILES string of the molecule is COC(=O)c1ccc(C(=O)OC)c(NC(=O)[C@@H](N)C(C)C)c1. The number of anilines is 1. The third kappa shape index (κ3) is 4.05. The van der Waals surface area contributed by atoms with E-state index in [1.165, 1.54) is 32.4 Å². The molecule has 0 fully saturated rings. The highest BCUT2D eigenvalue weighted by atomic mass is 16.5. The van der Waals surface area contributed by atoms with E-state index >= 15 is 0 Å². The molecular formula is C15H20N2O5. The lowest BCUT2D eigenvalue weighted by molar-refractivity contribution is -0.118. The van der Waals surface area contributed by atoms with Crippen LogP contribution < -0.4 is 11.1 Å². The van der Waals surface area contributed by atoms with E-state index in [2.05, 4.69) is 14.8 Å². The van der Waals surface area contributed by atoms with E-state index in [0.29, 0.717) is 0 Å². The van der Waals surface area contributed by atoms with Crippen molar-refractivity contribution in [3.8, 4) is 0 Å². The molecule has 120 valence electrons. The van der Waals surface area contributed by atoms with Gasteiger partial charge >= 0.3 is 11.9 Å². The summed E-state index contributed by atoms with van der Waals surface area (Å²) in [6.45, 7) is 3.60. The quantitative estimate of drug-likeness (QED) is 0.791. The average molecular weight is 308 g/mol. The fraction of sp³-hybridized carbons (Fsp3) is 0.400. The summed E-state index contributed by atoms with van der Waals surface area (Å²) in [6.07, 6.45) is 0. The molecule has 0 unspecified atom stereocenters. The van der Waals surface area contributed by atoms with Gasteiger partial charge in [-0.05, 0) is 24.1 Å². The molecule has 7 heteroatoms. The molecule has 1 amide bonds. The molecule has 3 N–H and O–H groups in total. The van der Waals surface area contributed by atoms with Gasteiger partial charge in [0.2, 0.25) is 5.91 Å². The van der Waals surface area contributed by atoms with Crippen LogP contribution in [0.15, 0.2) is 18.2 Å². The molecule has 1 atom stereocenters. The standard InChI is InChI=1S/C15H20N2O5/c1-8(2)12(16)13(18)17-11-7-9(14(19)21-3)5-6-10(11)15(20)22-4/h5-8,12H,16H2,1-4H3,(H,17,18)/t12-/m0/s1. The minimum atomic E-state index is -0.743. The number of carbonyl (C=O) groups is 3. The number of amides is 1. The molecule has 1 rings (SSSR count). The third-order valence-electron chi connectivity index (χ3n) is 3.12. The lowest BCUT2D eigenvalue weighted by Crippen LogP contribution is -2.40. The summed E-state index contributed by atoms with van der Waals surface area (Å²) in [5.74, 6) is -1.75. The van der Waals surface area contributed by atoms with Crippen LogP contribution in [0.2, 0.25) is 0 Å². The van der Waals surface area contributed by atoms with Crippen molar-refractivity contribution in [3.63, 3.8) is 0 Å². The number of nitrogens with two attached hydrogens (primary N) is 1. The van der Waals surface area contributed by atoms with Gasteiger partial charge in [0.05, 0.1) is 37.1 Å². The van der Waals surface area contributed by atoms with E-state index in [1.54, 1.807) is 13.8 Å². The molecule has 0 bridgehead atoms. The number of benzene rings is 1. The monoisotopic (exact) mass is 308 g/mol. The van der Waals surface area contributed by atoms with Gasteiger partial charge in [0.1, 0.15) is 0 Å². The van der Waals surface area contributed by atoms with Gasteiger partial charge in [-0.3, -0.25) is 4.79 Å². The van der Waals surface area contributed by atoms with Gasteiger partial charge in [0, 0.05) is 0 Å². The summed E-state index contributed by atoms with van der Waals surface area (Å²) in [6, 6.07) is 3.40. The first-order chi connectivity index (χ1) is 10.3. The molecular weight excluding hydrogens is 288 g/mol. The van der Waals surface area contributed by atoms with Gasteiger partial charge in [0.25, 0.3) is 0 Å². The first kappa shape index (κ1) is 17.6. The van der Waals surface area contributed by atoms with E-state index in [1.807, 2.05) is 0 Å². The van der Waals surface area contributed by atoms with Crippen LogP contribution in [0.3, 0.4) is 0 Å². The number of esters is 2. The number of carbonyl (C=O) groups excluding carboxylic acids is 3. The zero-order valence-electron chi connectivity index (χ0n) is 13.0. The second kappa shape index (κ2) is 7.56. The van der Waals surface area contributed by atoms with E-state index in [9.17, 15) is 14.4 Å². The molecule has 22 heavy (non-hydrogen) atoms. The summed E-state index contributed by atoms with van der Waals surface area (Å²) in [4.78, 5) is 35.4. The number of ether oxygens (including phenoxy) is 2. The van der Waals surface area contributed by atoms with Crippen LogP contribution in [0.5, 0.6) is 0 Å². The first-order valence-electron chi connectivity index (χ1n) is 6.69. The Hall–Kier alpha value is -2.41. The van der Waals surface area contributed by atoms with Crippen molar-refractivity contribution in [2.24, 2.45) is 11.7 Å². The number of nitrogens with one attached hydrogen (secondary N) is 1. The highest BCUT2D eigenvalue weighted by Gasteiger charge is 2.21.